The normalized spacial score (nSPS) is 11.7. The molecule has 3 aromatic rings. The third-order valence-corrected chi connectivity index (χ3v) is 3.58. The first kappa shape index (κ1) is 15.2. The minimum absolute atomic E-state index is 0.0252. The van der Waals surface area contributed by atoms with Crippen molar-refractivity contribution in [3.05, 3.63) is 48.0 Å². The molecule has 0 fully saturated rings. The molecule has 0 aliphatic heterocycles. The number of aromatic nitrogens is 3. The van der Waals surface area contributed by atoms with Crippen molar-refractivity contribution in [2.75, 3.05) is 5.32 Å². The Kier molecular flexibility index (Phi) is 3.64. The minimum atomic E-state index is -0.436. The zero-order chi connectivity index (χ0) is 16.6. The van der Waals surface area contributed by atoms with Crippen molar-refractivity contribution in [3.63, 3.8) is 0 Å². The van der Waals surface area contributed by atoms with E-state index in [2.05, 4.69) is 15.5 Å². The van der Waals surface area contributed by atoms with Gasteiger partial charge in [0.25, 0.3) is 0 Å². The average molecular weight is 308 g/mol. The molecule has 0 saturated heterocycles. The molecule has 23 heavy (non-hydrogen) atoms. The predicted molar refractivity (Wildman–Crippen MR) is 91.7 cm³/mol. The third-order valence-electron chi connectivity index (χ3n) is 3.58. The summed E-state index contributed by atoms with van der Waals surface area (Å²) in [5, 5.41) is 11.9. The molecule has 0 atom stereocenters. The van der Waals surface area contributed by atoms with Gasteiger partial charge in [-0.05, 0) is 37.3 Å². The number of hydrogen-bond donors (Lipinski definition) is 1. The van der Waals surface area contributed by atoms with Gasteiger partial charge < -0.3 is 5.32 Å². The quantitative estimate of drug-likeness (QED) is 0.785. The number of carbonyl (C=O) groups is 1. The van der Waals surface area contributed by atoms with Gasteiger partial charge in [-0.2, -0.15) is 4.80 Å². The SMILES string of the molecule is Cc1ccc(-n2nc3ccc(NC(=O)C(C)(C)C)cc3n2)cc1. The Morgan fingerprint density at radius 2 is 1.65 bits per heavy atom. The lowest BCUT2D eigenvalue weighted by atomic mass is 9.95. The van der Waals surface area contributed by atoms with E-state index in [0.717, 1.165) is 22.4 Å². The van der Waals surface area contributed by atoms with Gasteiger partial charge in [-0.15, -0.1) is 10.2 Å². The van der Waals surface area contributed by atoms with E-state index >= 15 is 0 Å². The largest absolute Gasteiger partial charge is 0.326 e. The molecule has 0 aliphatic rings. The summed E-state index contributed by atoms with van der Waals surface area (Å²) in [5.74, 6) is -0.0252. The number of nitrogens with one attached hydrogen (secondary N) is 1. The second-order valence-electron chi connectivity index (χ2n) is 6.73. The van der Waals surface area contributed by atoms with Crippen LogP contribution in [0.3, 0.4) is 0 Å². The highest BCUT2D eigenvalue weighted by Gasteiger charge is 2.21. The number of nitrogens with zero attached hydrogens (tertiary/aromatic N) is 3. The van der Waals surface area contributed by atoms with Gasteiger partial charge in [0.15, 0.2) is 0 Å². The van der Waals surface area contributed by atoms with Crippen LogP contribution in [-0.2, 0) is 4.79 Å². The van der Waals surface area contributed by atoms with Gasteiger partial charge in [-0.25, -0.2) is 0 Å². The van der Waals surface area contributed by atoms with Crippen molar-refractivity contribution in [1.82, 2.24) is 15.0 Å². The van der Waals surface area contributed by atoms with Crippen LogP contribution in [0.5, 0.6) is 0 Å². The second kappa shape index (κ2) is 5.50. The lowest BCUT2D eigenvalue weighted by molar-refractivity contribution is -0.123. The zero-order valence-electron chi connectivity index (χ0n) is 13.8. The lowest BCUT2D eigenvalue weighted by Gasteiger charge is -2.17. The van der Waals surface area contributed by atoms with Crippen molar-refractivity contribution in [2.24, 2.45) is 5.41 Å². The molecule has 0 unspecified atom stereocenters. The van der Waals surface area contributed by atoms with Crippen LogP contribution in [0, 0.1) is 12.3 Å². The molecule has 3 rings (SSSR count). The molecule has 0 saturated carbocycles. The molecule has 118 valence electrons. The summed E-state index contributed by atoms with van der Waals surface area (Å²) in [4.78, 5) is 13.7. The van der Waals surface area contributed by atoms with E-state index in [-0.39, 0.29) is 5.91 Å². The Labute approximate surface area is 135 Å². The Morgan fingerprint density at radius 1 is 1.00 bits per heavy atom. The molecular formula is C18H20N4O. The Balaban J connectivity index is 1.92. The first-order valence-electron chi connectivity index (χ1n) is 7.58. The van der Waals surface area contributed by atoms with E-state index in [4.69, 9.17) is 0 Å². The molecule has 1 heterocycles. The minimum Gasteiger partial charge on any atom is -0.326 e. The summed E-state index contributed by atoms with van der Waals surface area (Å²) < 4.78 is 0. The predicted octanol–water partition coefficient (Wildman–Crippen LogP) is 3.71. The van der Waals surface area contributed by atoms with E-state index in [1.807, 2.05) is 70.2 Å². The summed E-state index contributed by atoms with van der Waals surface area (Å²) >= 11 is 0. The van der Waals surface area contributed by atoms with E-state index in [1.165, 1.54) is 5.56 Å². The average Bonchev–Trinajstić information content (AvgIpc) is 2.90. The Bertz CT molecular complexity index is 857. The summed E-state index contributed by atoms with van der Waals surface area (Å²) in [7, 11) is 0. The molecule has 1 amide bonds. The monoisotopic (exact) mass is 308 g/mol. The molecular weight excluding hydrogens is 288 g/mol. The fourth-order valence-electron chi connectivity index (χ4n) is 2.10. The van der Waals surface area contributed by atoms with Gasteiger partial charge in [-0.3, -0.25) is 4.79 Å². The molecule has 5 heteroatoms. The van der Waals surface area contributed by atoms with Gasteiger partial charge in [-0.1, -0.05) is 38.5 Å². The number of anilines is 1. The van der Waals surface area contributed by atoms with Crippen LogP contribution in [0.25, 0.3) is 16.7 Å². The summed E-state index contributed by atoms with van der Waals surface area (Å²) in [6.45, 7) is 7.69. The first-order valence-corrected chi connectivity index (χ1v) is 7.58. The van der Waals surface area contributed by atoms with Crippen molar-refractivity contribution < 1.29 is 4.79 Å². The molecule has 0 aliphatic carbocycles. The number of fused-ring (bicyclic) bond motifs is 1. The standard InChI is InChI=1S/C18H20N4O/c1-12-5-8-14(9-6-12)22-20-15-10-7-13(11-16(15)21-22)19-17(23)18(2,3)4/h5-11H,1-4H3,(H,19,23). The van der Waals surface area contributed by atoms with Crippen LogP contribution in [0.4, 0.5) is 5.69 Å². The smallest absolute Gasteiger partial charge is 0.229 e. The van der Waals surface area contributed by atoms with Crippen LogP contribution in [-0.4, -0.2) is 20.9 Å². The van der Waals surface area contributed by atoms with Crippen molar-refractivity contribution in [2.45, 2.75) is 27.7 Å². The van der Waals surface area contributed by atoms with Crippen molar-refractivity contribution in [3.8, 4) is 5.69 Å². The molecule has 1 aromatic heterocycles. The molecule has 0 bridgehead atoms. The summed E-state index contributed by atoms with van der Waals surface area (Å²) in [5.41, 5.74) is 3.93. The van der Waals surface area contributed by atoms with E-state index in [0.29, 0.717) is 0 Å². The van der Waals surface area contributed by atoms with Gasteiger partial charge in [0.2, 0.25) is 5.91 Å². The van der Waals surface area contributed by atoms with Crippen LogP contribution < -0.4 is 5.32 Å². The number of hydrogen-bond acceptors (Lipinski definition) is 3. The third kappa shape index (κ3) is 3.23. The highest BCUT2D eigenvalue weighted by Crippen LogP contribution is 2.21. The first-order chi connectivity index (χ1) is 10.8. The fraction of sp³-hybridized carbons (Fsp3) is 0.278. The fourth-order valence-corrected chi connectivity index (χ4v) is 2.10. The van der Waals surface area contributed by atoms with Crippen molar-refractivity contribution in [1.29, 1.82) is 0 Å². The number of amides is 1. The highest BCUT2D eigenvalue weighted by molar-refractivity contribution is 5.96. The molecule has 1 N–H and O–H groups in total. The topological polar surface area (TPSA) is 59.8 Å². The maximum Gasteiger partial charge on any atom is 0.229 e. The lowest BCUT2D eigenvalue weighted by Crippen LogP contribution is -2.27. The van der Waals surface area contributed by atoms with Gasteiger partial charge in [0.05, 0.1) is 5.69 Å². The second-order valence-corrected chi connectivity index (χ2v) is 6.73. The van der Waals surface area contributed by atoms with E-state index in [9.17, 15) is 4.79 Å². The zero-order valence-corrected chi connectivity index (χ0v) is 13.8. The Hall–Kier alpha value is -2.69. The molecule has 5 nitrogen and oxygen atoms in total. The number of carbonyl (C=O) groups excluding carboxylic acids is 1. The van der Waals surface area contributed by atoms with Crippen molar-refractivity contribution >= 4 is 22.6 Å². The molecule has 2 aromatic carbocycles. The molecule has 0 spiro atoms. The van der Waals surface area contributed by atoms with E-state index in [1.54, 1.807) is 4.80 Å². The number of aryl methyl sites for hydroxylation is 1. The van der Waals surface area contributed by atoms with Crippen LogP contribution >= 0.6 is 0 Å². The summed E-state index contributed by atoms with van der Waals surface area (Å²) in [6, 6.07) is 13.6. The van der Waals surface area contributed by atoms with Gasteiger partial charge in [0.1, 0.15) is 11.0 Å². The van der Waals surface area contributed by atoms with Gasteiger partial charge in [0, 0.05) is 11.1 Å². The number of rotatable bonds is 2. The maximum atomic E-state index is 12.1. The Morgan fingerprint density at radius 3 is 2.30 bits per heavy atom. The number of benzene rings is 2. The highest BCUT2D eigenvalue weighted by atomic mass is 16.2. The molecule has 0 radical (unpaired) electrons. The maximum absolute atomic E-state index is 12.1. The van der Waals surface area contributed by atoms with Crippen LogP contribution in [0.1, 0.15) is 26.3 Å². The van der Waals surface area contributed by atoms with Gasteiger partial charge >= 0.3 is 0 Å². The summed E-state index contributed by atoms with van der Waals surface area (Å²) in [6.07, 6.45) is 0. The van der Waals surface area contributed by atoms with E-state index < -0.39 is 5.41 Å². The van der Waals surface area contributed by atoms with Crippen LogP contribution in [0.15, 0.2) is 42.5 Å². The van der Waals surface area contributed by atoms with Crippen LogP contribution in [0.2, 0.25) is 0 Å².